The predicted octanol–water partition coefficient (Wildman–Crippen LogP) is 1.05. The van der Waals surface area contributed by atoms with Gasteiger partial charge in [0.1, 0.15) is 18.4 Å². The highest BCUT2D eigenvalue weighted by molar-refractivity contribution is 5.96. The third kappa shape index (κ3) is 4.03. The Balaban J connectivity index is 1.92. The van der Waals surface area contributed by atoms with E-state index < -0.39 is 12.0 Å². The van der Waals surface area contributed by atoms with Gasteiger partial charge in [-0.15, -0.1) is 0 Å². The summed E-state index contributed by atoms with van der Waals surface area (Å²) >= 11 is 0. The van der Waals surface area contributed by atoms with Crippen molar-refractivity contribution >= 4 is 11.8 Å². The van der Waals surface area contributed by atoms with Gasteiger partial charge in [0.25, 0.3) is 0 Å². The van der Waals surface area contributed by atoms with Crippen LogP contribution in [0.1, 0.15) is 17.3 Å². The highest BCUT2D eigenvalue weighted by Crippen LogP contribution is 2.18. The van der Waals surface area contributed by atoms with E-state index in [1.54, 1.807) is 24.3 Å². The van der Waals surface area contributed by atoms with Crippen molar-refractivity contribution in [3.8, 4) is 5.75 Å². The smallest absolute Gasteiger partial charge is 0.323 e. The molecule has 1 saturated heterocycles. The quantitative estimate of drug-likeness (QED) is 0.790. The van der Waals surface area contributed by atoms with Crippen LogP contribution in [0.4, 0.5) is 0 Å². The highest BCUT2D eigenvalue weighted by Gasteiger charge is 2.28. The molecule has 1 aliphatic rings. The lowest BCUT2D eigenvalue weighted by atomic mass is 10.1. The minimum Gasteiger partial charge on any atom is -0.491 e. The summed E-state index contributed by atoms with van der Waals surface area (Å²) in [6.07, 6.45) is 0. The van der Waals surface area contributed by atoms with E-state index in [9.17, 15) is 9.59 Å². The van der Waals surface area contributed by atoms with Crippen molar-refractivity contribution in [2.24, 2.45) is 0 Å². The lowest BCUT2D eigenvalue weighted by Crippen LogP contribution is -2.51. The van der Waals surface area contributed by atoms with Crippen LogP contribution in [-0.2, 0) is 9.53 Å². The fourth-order valence-electron chi connectivity index (χ4n) is 2.29. The van der Waals surface area contributed by atoms with E-state index in [2.05, 4.69) is 0 Å². The molecule has 1 heterocycles. The number of hydrogen-bond acceptors (Lipinski definition) is 5. The molecule has 0 bridgehead atoms. The molecule has 1 N–H and O–H groups in total. The molecule has 1 aromatic rings. The summed E-state index contributed by atoms with van der Waals surface area (Å²) in [5.74, 6) is -0.413. The van der Waals surface area contributed by atoms with E-state index in [0.717, 1.165) is 0 Å². The van der Waals surface area contributed by atoms with Crippen molar-refractivity contribution in [2.45, 2.75) is 13.0 Å². The number of nitrogens with zero attached hydrogens (tertiary/aromatic N) is 1. The number of aliphatic carboxylic acids is 1. The number of carbonyl (C=O) groups excluding carboxylic acids is 1. The molecule has 114 valence electrons. The van der Waals surface area contributed by atoms with Crippen molar-refractivity contribution in [1.29, 1.82) is 0 Å². The van der Waals surface area contributed by atoms with Gasteiger partial charge in [0.05, 0.1) is 18.8 Å². The molecule has 0 aromatic heterocycles. The van der Waals surface area contributed by atoms with Gasteiger partial charge in [-0.2, -0.15) is 0 Å². The monoisotopic (exact) mass is 293 g/mol. The molecule has 1 aliphatic heterocycles. The van der Waals surface area contributed by atoms with Crippen LogP contribution in [0.5, 0.6) is 5.75 Å². The average Bonchev–Trinajstić information content (AvgIpc) is 2.48. The number of ketones is 1. The second-order valence-electron chi connectivity index (χ2n) is 4.87. The Morgan fingerprint density at radius 3 is 2.90 bits per heavy atom. The molecule has 0 radical (unpaired) electrons. The molecule has 0 aliphatic carbocycles. The Labute approximate surface area is 123 Å². The van der Waals surface area contributed by atoms with Crippen molar-refractivity contribution in [3.63, 3.8) is 0 Å². The van der Waals surface area contributed by atoms with E-state index in [-0.39, 0.29) is 12.4 Å². The van der Waals surface area contributed by atoms with Gasteiger partial charge < -0.3 is 14.6 Å². The number of carboxylic acid groups (broad SMARTS) is 1. The molecule has 6 nitrogen and oxygen atoms in total. The zero-order valence-electron chi connectivity index (χ0n) is 11.9. The first kappa shape index (κ1) is 15.5. The number of ether oxygens (including phenoxy) is 2. The van der Waals surface area contributed by atoms with Crippen LogP contribution in [-0.4, -0.2) is 60.7 Å². The molecule has 2 rings (SSSR count). The third-order valence-corrected chi connectivity index (χ3v) is 3.43. The minimum atomic E-state index is -0.890. The van der Waals surface area contributed by atoms with Gasteiger partial charge in [0.2, 0.25) is 0 Å². The number of hydrogen-bond donors (Lipinski definition) is 1. The Bertz CT molecular complexity index is 517. The molecule has 1 unspecified atom stereocenters. The van der Waals surface area contributed by atoms with Gasteiger partial charge in [-0.25, -0.2) is 0 Å². The number of carbonyl (C=O) groups is 2. The summed E-state index contributed by atoms with van der Waals surface area (Å²) in [5.41, 5.74) is 0.536. The third-order valence-electron chi connectivity index (χ3n) is 3.43. The first-order chi connectivity index (χ1) is 10.1. The molecular formula is C15H19NO5. The van der Waals surface area contributed by atoms with E-state index in [4.69, 9.17) is 14.6 Å². The molecule has 1 aromatic carbocycles. The van der Waals surface area contributed by atoms with Gasteiger partial charge >= 0.3 is 5.97 Å². The molecular weight excluding hydrogens is 274 g/mol. The Kier molecular flexibility index (Phi) is 5.30. The van der Waals surface area contributed by atoms with E-state index in [1.165, 1.54) is 6.92 Å². The maximum atomic E-state index is 11.5. The van der Waals surface area contributed by atoms with Crippen LogP contribution in [0.2, 0.25) is 0 Å². The summed E-state index contributed by atoms with van der Waals surface area (Å²) < 4.78 is 10.8. The van der Waals surface area contributed by atoms with Gasteiger partial charge in [-0.05, 0) is 19.1 Å². The van der Waals surface area contributed by atoms with Crippen LogP contribution in [0.25, 0.3) is 0 Å². The second kappa shape index (κ2) is 7.19. The van der Waals surface area contributed by atoms with E-state index in [1.807, 2.05) is 4.90 Å². The van der Waals surface area contributed by atoms with Crippen LogP contribution < -0.4 is 4.74 Å². The molecule has 6 heteroatoms. The van der Waals surface area contributed by atoms with Gasteiger partial charge in [-0.1, -0.05) is 12.1 Å². The highest BCUT2D eigenvalue weighted by atomic mass is 16.5. The molecule has 21 heavy (non-hydrogen) atoms. The first-order valence-electron chi connectivity index (χ1n) is 6.87. The summed E-state index contributed by atoms with van der Waals surface area (Å²) in [7, 11) is 0. The van der Waals surface area contributed by atoms with E-state index >= 15 is 0 Å². The molecule has 0 amide bonds. The number of benzene rings is 1. The summed E-state index contributed by atoms with van der Waals surface area (Å²) in [6.45, 7) is 3.58. The van der Waals surface area contributed by atoms with Crippen molar-refractivity contribution in [2.75, 3.05) is 32.9 Å². The summed E-state index contributed by atoms with van der Waals surface area (Å²) in [6, 6.07) is 6.41. The van der Waals surface area contributed by atoms with Crippen LogP contribution in [0.3, 0.4) is 0 Å². The molecule has 0 spiro atoms. The zero-order valence-corrected chi connectivity index (χ0v) is 11.9. The minimum absolute atomic E-state index is 0.0552. The molecule has 1 fully saturated rings. The van der Waals surface area contributed by atoms with Crippen molar-refractivity contribution < 1.29 is 24.2 Å². The summed E-state index contributed by atoms with van der Waals surface area (Å²) in [4.78, 5) is 24.4. The molecule has 1 atom stereocenters. The van der Waals surface area contributed by atoms with Crippen molar-refractivity contribution in [1.82, 2.24) is 4.90 Å². The maximum Gasteiger partial charge on any atom is 0.323 e. The van der Waals surface area contributed by atoms with Crippen LogP contribution in [0, 0.1) is 0 Å². The zero-order chi connectivity index (χ0) is 15.2. The maximum absolute atomic E-state index is 11.5. The number of para-hydroxylation sites is 1. The predicted molar refractivity (Wildman–Crippen MR) is 75.8 cm³/mol. The number of rotatable bonds is 6. The average molecular weight is 293 g/mol. The normalized spacial score (nSPS) is 19.2. The Morgan fingerprint density at radius 2 is 2.19 bits per heavy atom. The van der Waals surface area contributed by atoms with Crippen molar-refractivity contribution in [3.05, 3.63) is 29.8 Å². The van der Waals surface area contributed by atoms with Gasteiger partial charge in [0.15, 0.2) is 5.78 Å². The van der Waals surface area contributed by atoms with Crippen LogP contribution >= 0.6 is 0 Å². The number of Topliss-reactive ketones (excluding diaryl/α,β-unsaturated/α-hetero) is 1. The van der Waals surface area contributed by atoms with Gasteiger partial charge in [0, 0.05) is 13.1 Å². The number of morpholine rings is 1. The van der Waals surface area contributed by atoms with E-state index in [0.29, 0.717) is 37.6 Å². The topological polar surface area (TPSA) is 76.1 Å². The Morgan fingerprint density at radius 1 is 1.43 bits per heavy atom. The fraction of sp³-hybridized carbons (Fsp3) is 0.467. The lowest BCUT2D eigenvalue weighted by molar-refractivity contribution is -0.149. The lowest BCUT2D eigenvalue weighted by Gasteiger charge is -2.32. The fourth-order valence-corrected chi connectivity index (χ4v) is 2.29. The standard InChI is InChI=1S/C15H19NO5/c1-11(17)12-4-2-3-5-14(12)21-9-7-16-6-8-20-10-13(16)15(18)19/h2-5,13H,6-10H2,1H3,(H,18,19). The largest absolute Gasteiger partial charge is 0.491 e. The first-order valence-corrected chi connectivity index (χ1v) is 6.87. The Hall–Kier alpha value is -1.92. The van der Waals surface area contributed by atoms with Crippen LogP contribution in [0.15, 0.2) is 24.3 Å². The number of carboxylic acids is 1. The van der Waals surface area contributed by atoms with Gasteiger partial charge in [-0.3, -0.25) is 14.5 Å². The molecule has 0 saturated carbocycles. The summed E-state index contributed by atoms with van der Waals surface area (Å²) in [5, 5.41) is 9.13. The SMILES string of the molecule is CC(=O)c1ccccc1OCCN1CCOCC1C(=O)O. The second-order valence-corrected chi connectivity index (χ2v) is 4.87.